The Kier molecular flexibility index (Phi) is 7.17. The van der Waals surface area contributed by atoms with Crippen molar-refractivity contribution < 1.29 is 0 Å². The lowest BCUT2D eigenvalue weighted by molar-refractivity contribution is 0.814. The molecular weight excluding hydrogens is 116 g/mol. The normalized spacial score (nSPS) is 10.8. The van der Waals surface area contributed by atoms with Crippen molar-refractivity contribution in [2.24, 2.45) is 0 Å². The van der Waals surface area contributed by atoms with E-state index in [2.05, 4.69) is 13.0 Å². The lowest BCUT2D eigenvalue weighted by Crippen LogP contribution is -1.66. The standard InChI is InChI=1S/C7H13S/c1-2-3-4-5-6-7-8/h5-6H,2-4,7H2,1H3/b6-5+. The van der Waals surface area contributed by atoms with Gasteiger partial charge in [0.2, 0.25) is 0 Å². The molecule has 0 fully saturated rings. The molecule has 0 aromatic rings. The maximum atomic E-state index is 4.71. The third-order valence-electron chi connectivity index (χ3n) is 0.987. The average molecular weight is 129 g/mol. The highest BCUT2D eigenvalue weighted by atomic mass is 32.1. The van der Waals surface area contributed by atoms with E-state index in [-0.39, 0.29) is 0 Å². The number of allylic oxidation sites excluding steroid dienone is 1. The number of rotatable bonds is 4. The minimum absolute atomic E-state index is 0.768. The minimum Gasteiger partial charge on any atom is -0.0897 e. The molecule has 0 rings (SSSR count). The van der Waals surface area contributed by atoms with Crippen LogP contribution in [0, 0.1) is 0 Å². The fourth-order valence-electron chi connectivity index (χ4n) is 0.508. The van der Waals surface area contributed by atoms with Crippen molar-refractivity contribution in [2.45, 2.75) is 26.2 Å². The van der Waals surface area contributed by atoms with Crippen molar-refractivity contribution >= 4 is 12.6 Å². The molecule has 47 valence electrons. The molecule has 0 N–H and O–H groups in total. The SMILES string of the molecule is CCCC/C=C/C[S]. The van der Waals surface area contributed by atoms with E-state index in [1.54, 1.807) is 0 Å². The van der Waals surface area contributed by atoms with Gasteiger partial charge in [0, 0.05) is 5.75 Å². The van der Waals surface area contributed by atoms with Gasteiger partial charge in [0.05, 0.1) is 0 Å². The molecule has 0 aliphatic heterocycles. The number of hydrogen-bond donors (Lipinski definition) is 0. The second kappa shape index (κ2) is 7.09. The van der Waals surface area contributed by atoms with Crippen LogP contribution in [0.4, 0.5) is 0 Å². The van der Waals surface area contributed by atoms with Crippen LogP contribution >= 0.6 is 12.6 Å². The molecular formula is C7H13S. The monoisotopic (exact) mass is 129 g/mol. The molecule has 1 radical (unpaired) electrons. The predicted molar refractivity (Wildman–Crippen MR) is 41.1 cm³/mol. The van der Waals surface area contributed by atoms with E-state index in [1.165, 1.54) is 19.3 Å². The van der Waals surface area contributed by atoms with E-state index in [0.717, 1.165) is 5.75 Å². The summed E-state index contributed by atoms with van der Waals surface area (Å²) in [6.45, 7) is 2.20. The van der Waals surface area contributed by atoms with Crippen molar-refractivity contribution in [3.05, 3.63) is 12.2 Å². The van der Waals surface area contributed by atoms with Crippen LogP contribution in [-0.2, 0) is 0 Å². The summed E-state index contributed by atoms with van der Waals surface area (Å²) in [4.78, 5) is 0. The summed E-state index contributed by atoms with van der Waals surface area (Å²) in [5.41, 5.74) is 0. The summed E-state index contributed by atoms with van der Waals surface area (Å²) in [6, 6.07) is 0. The molecule has 0 amide bonds. The van der Waals surface area contributed by atoms with Gasteiger partial charge in [-0.1, -0.05) is 44.5 Å². The third-order valence-corrected chi connectivity index (χ3v) is 1.18. The Labute approximate surface area is 57.4 Å². The smallest absolute Gasteiger partial charge is 0.0217 e. The van der Waals surface area contributed by atoms with Crippen LogP contribution in [0.3, 0.4) is 0 Å². The Balaban J connectivity index is 2.80. The van der Waals surface area contributed by atoms with E-state index in [0.29, 0.717) is 0 Å². The first kappa shape index (κ1) is 8.09. The van der Waals surface area contributed by atoms with Crippen LogP contribution in [0.25, 0.3) is 0 Å². The molecule has 0 nitrogen and oxygen atoms in total. The molecule has 0 aliphatic carbocycles. The lowest BCUT2D eigenvalue weighted by Gasteiger charge is -1.85. The van der Waals surface area contributed by atoms with Gasteiger partial charge >= 0.3 is 0 Å². The molecule has 0 saturated carbocycles. The fraction of sp³-hybridized carbons (Fsp3) is 0.714. The topological polar surface area (TPSA) is 0 Å². The van der Waals surface area contributed by atoms with Crippen molar-refractivity contribution in [1.29, 1.82) is 0 Å². The Morgan fingerprint density at radius 3 is 2.62 bits per heavy atom. The van der Waals surface area contributed by atoms with E-state index < -0.39 is 0 Å². The summed E-state index contributed by atoms with van der Waals surface area (Å²) < 4.78 is 0. The second-order valence-corrected chi connectivity index (χ2v) is 2.11. The molecule has 0 aromatic heterocycles. The summed E-state index contributed by atoms with van der Waals surface area (Å²) in [5.74, 6) is 0.768. The van der Waals surface area contributed by atoms with Crippen molar-refractivity contribution in [2.75, 3.05) is 5.75 Å². The van der Waals surface area contributed by atoms with Gasteiger partial charge in [-0.3, -0.25) is 0 Å². The van der Waals surface area contributed by atoms with Gasteiger partial charge in [-0.2, -0.15) is 0 Å². The molecule has 0 heterocycles. The Hall–Kier alpha value is 0.0900. The summed E-state index contributed by atoms with van der Waals surface area (Å²) >= 11 is 4.71. The van der Waals surface area contributed by atoms with Crippen LogP contribution in [0.2, 0.25) is 0 Å². The van der Waals surface area contributed by atoms with E-state index in [1.807, 2.05) is 6.08 Å². The lowest BCUT2D eigenvalue weighted by atomic mass is 10.2. The zero-order valence-corrected chi connectivity index (χ0v) is 6.21. The van der Waals surface area contributed by atoms with Crippen molar-refractivity contribution in [3.63, 3.8) is 0 Å². The van der Waals surface area contributed by atoms with E-state index >= 15 is 0 Å². The van der Waals surface area contributed by atoms with Crippen molar-refractivity contribution in [1.82, 2.24) is 0 Å². The fourth-order valence-corrected chi connectivity index (χ4v) is 0.644. The Morgan fingerprint density at radius 1 is 1.38 bits per heavy atom. The Morgan fingerprint density at radius 2 is 2.12 bits per heavy atom. The Bertz CT molecular complexity index is 57.4. The minimum atomic E-state index is 0.768. The van der Waals surface area contributed by atoms with Gasteiger partial charge in [0.1, 0.15) is 0 Å². The quantitative estimate of drug-likeness (QED) is 0.404. The van der Waals surface area contributed by atoms with Gasteiger partial charge < -0.3 is 0 Å². The van der Waals surface area contributed by atoms with Gasteiger partial charge in [0.25, 0.3) is 0 Å². The third kappa shape index (κ3) is 6.09. The van der Waals surface area contributed by atoms with Gasteiger partial charge in [-0.25, -0.2) is 0 Å². The number of unbranched alkanes of at least 4 members (excludes halogenated alkanes) is 2. The van der Waals surface area contributed by atoms with Crippen LogP contribution in [-0.4, -0.2) is 5.75 Å². The molecule has 0 aromatic carbocycles. The summed E-state index contributed by atoms with van der Waals surface area (Å²) in [7, 11) is 0. The van der Waals surface area contributed by atoms with Crippen LogP contribution in [0.1, 0.15) is 26.2 Å². The average Bonchev–Trinajstić information content (AvgIpc) is 1.81. The highest BCUT2D eigenvalue weighted by molar-refractivity contribution is 7.80. The molecule has 0 bridgehead atoms. The molecule has 0 saturated heterocycles. The molecule has 0 unspecified atom stereocenters. The molecule has 8 heavy (non-hydrogen) atoms. The largest absolute Gasteiger partial charge is 0.0897 e. The number of hydrogen-bond acceptors (Lipinski definition) is 0. The molecule has 1 heteroatoms. The second-order valence-electron chi connectivity index (χ2n) is 1.78. The maximum Gasteiger partial charge on any atom is 0.0217 e. The first-order valence-corrected chi connectivity index (χ1v) is 3.72. The molecule has 0 atom stereocenters. The summed E-state index contributed by atoms with van der Waals surface area (Å²) in [5, 5.41) is 0. The molecule has 0 spiro atoms. The van der Waals surface area contributed by atoms with Crippen molar-refractivity contribution in [3.8, 4) is 0 Å². The van der Waals surface area contributed by atoms with Gasteiger partial charge in [-0.05, 0) is 6.42 Å². The first-order valence-electron chi connectivity index (χ1n) is 3.15. The zero-order valence-electron chi connectivity index (χ0n) is 5.39. The van der Waals surface area contributed by atoms with Gasteiger partial charge in [0.15, 0.2) is 0 Å². The van der Waals surface area contributed by atoms with Crippen LogP contribution in [0.15, 0.2) is 12.2 Å². The zero-order chi connectivity index (χ0) is 6.24. The van der Waals surface area contributed by atoms with Crippen LogP contribution in [0.5, 0.6) is 0 Å². The highest BCUT2D eigenvalue weighted by Crippen LogP contribution is 1.94. The summed E-state index contributed by atoms with van der Waals surface area (Å²) in [6.07, 6.45) is 7.99. The van der Waals surface area contributed by atoms with Crippen LogP contribution < -0.4 is 0 Å². The first-order chi connectivity index (χ1) is 3.91. The van der Waals surface area contributed by atoms with E-state index in [4.69, 9.17) is 12.6 Å². The highest BCUT2D eigenvalue weighted by Gasteiger charge is 1.75. The van der Waals surface area contributed by atoms with E-state index in [9.17, 15) is 0 Å². The predicted octanol–water partition coefficient (Wildman–Crippen LogP) is 2.93. The molecule has 0 aliphatic rings. The maximum absolute atomic E-state index is 4.71. The van der Waals surface area contributed by atoms with Gasteiger partial charge in [-0.15, -0.1) is 0 Å².